The van der Waals surface area contributed by atoms with Crippen molar-refractivity contribution in [2.45, 2.75) is 32.5 Å². The molecule has 0 aromatic carbocycles. The fraction of sp³-hybridized carbons (Fsp3) is 0.636. The first-order chi connectivity index (χ1) is 7.57. The summed E-state index contributed by atoms with van der Waals surface area (Å²) in [7, 11) is 2.01. The number of imidazole rings is 1. The zero-order chi connectivity index (χ0) is 11.8. The van der Waals surface area contributed by atoms with Gasteiger partial charge in [-0.25, -0.2) is 4.98 Å². The Kier molecular flexibility index (Phi) is 2.61. The van der Waals surface area contributed by atoms with Crippen LogP contribution in [0.3, 0.4) is 0 Å². The van der Waals surface area contributed by atoms with Gasteiger partial charge in [-0.05, 0) is 20.8 Å². The van der Waals surface area contributed by atoms with Gasteiger partial charge < -0.3 is 9.47 Å². The van der Waals surface area contributed by atoms with Crippen LogP contribution in [0.1, 0.15) is 20.8 Å². The van der Waals surface area contributed by atoms with Crippen molar-refractivity contribution >= 4 is 6.34 Å². The Labute approximate surface area is 96.4 Å². The van der Waals surface area contributed by atoms with E-state index in [1.807, 2.05) is 37.1 Å². The topological polar surface area (TPSA) is 36.7 Å². The molecule has 1 aliphatic rings. The van der Waals surface area contributed by atoms with Crippen LogP contribution in [0, 0.1) is 0 Å². The molecule has 5 heteroatoms. The fourth-order valence-corrected chi connectivity index (χ4v) is 2.34. The minimum Gasteiger partial charge on any atom is -0.338 e. The maximum atomic E-state index is 4.35. The van der Waals surface area contributed by atoms with Crippen molar-refractivity contribution in [3.8, 4) is 0 Å². The highest BCUT2D eigenvalue weighted by atomic mass is 15.6. The van der Waals surface area contributed by atoms with Gasteiger partial charge in [0.15, 0.2) is 0 Å². The van der Waals surface area contributed by atoms with Crippen molar-refractivity contribution in [1.29, 1.82) is 0 Å². The molecule has 16 heavy (non-hydrogen) atoms. The minimum absolute atomic E-state index is 0.0717. The number of hydrogen-bond acceptors (Lipinski definition) is 4. The van der Waals surface area contributed by atoms with Crippen LogP contribution in [0.15, 0.2) is 23.8 Å². The predicted molar refractivity (Wildman–Crippen MR) is 64.0 cm³/mol. The first kappa shape index (κ1) is 11.0. The summed E-state index contributed by atoms with van der Waals surface area (Å²) in [6, 6.07) is 0. The number of nitrogens with zero attached hydrogens (tertiary/aromatic N) is 5. The summed E-state index contributed by atoms with van der Waals surface area (Å²) in [5, 5.41) is 6.35. The van der Waals surface area contributed by atoms with E-state index in [-0.39, 0.29) is 11.7 Å². The van der Waals surface area contributed by atoms with Crippen LogP contribution < -0.4 is 0 Å². The van der Waals surface area contributed by atoms with Gasteiger partial charge in [0, 0.05) is 26.0 Å². The van der Waals surface area contributed by atoms with E-state index in [4.69, 9.17) is 0 Å². The fourth-order valence-electron chi connectivity index (χ4n) is 2.34. The van der Waals surface area contributed by atoms with Gasteiger partial charge in [0.05, 0.1) is 11.9 Å². The molecule has 0 bridgehead atoms. The second-order valence-electron chi connectivity index (χ2n) is 4.63. The van der Waals surface area contributed by atoms with Crippen LogP contribution in [-0.4, -0.2) is 45.6 Å². The van der Waals surface area contributed by atoms with Gasteiger partial charge in [-0.15, -0.1) is 0 Å². The van der Waals surface area contributed by atoms with Gasteiger partial charge in [-0.2, -0.15) is 5.10 Å². The van der Waals surface area contributed by atoms with E-state index >= 15 is 0 Å². The molecular formula is C11H19N5. The third-order valence-corrected chi connectivity index (χ3v) is 3.22. The molecule has 0 saturated heterocycles. The Morgan fingerprint density at radius 3 is 2.69 bits per heavy atom. The molecule has 0 aliphatic carbocycles. The number of aromatic nitrogens is 2. The van der Waals surface area contributed by atoms with Crippen LogP contribution in [0.25, 0.3) is 0 Å². The van der Waals surface area contributed by atoms with Crippen LogP contribution in [-0.2, 0) is 5.54 Å². The van der Waals surface area contributed by atoms with Crippen molar-refractivity contribution in [3.05, 3.63) is 18.7 Å². The average molecular weight is 221 g/mol. The van der Waals surface area contributed by atoms with Crippen LogP contribution in [0.5, 0.6) is 0 Å². The monoisotopic (exact) mass is 221 g/mol. The minimum atomic E-state index is -0.0717. The van der Waals surface area contributed by atoms with Crippen molar-refractivity contribution in [3.63, 3.8) is 0 Å². The maximum Gasteiger partial charge on any atom is 0.142 e. The van der Waals surface area contributed by atoms with Gasteiger partial charge in [0.1, 0.15) is 12.5 Å². The summed E-state index contributed by atoms with van der Waals surface area (Å²) in [5.74, 6) is 0. The molecule has 0 unspecified atom stereocenters. The SMILES string of the molecule is CCN1C=NN(C)[C@@H]1C(C)(C)n1ccnc1. The highest BCUT2D eigenvalue weighted by molar-refractivity contribution is 5.57. The maximum absolute atomic E-state index is 4.35. The van der Waals surface area contributed by atoms with E-state index in [1.165, 1.54) is 0 Å². The lowest BCUT2D eigenvalue weighted by atomic mass is 9.99. The largest absolute Gasteiger partial charge is 0.338 e. The number of rotatable bonds is 3. The summed E-state index contributed by atoms with van der Waals surface area (Å²) in [4.78, 5) is 6.36. The smallest absolute Gasteiger partial charge is 0.142 e. The molecule has 0 amide bonds. The molecule has 0 saturated carbocycles. The normalized spacial score (nSPS) is 20.9. The summed E-state index contributed by atoms with van der Waals surface area (Å²) in [6.07, 6.45) is 7.81. The molecule has 2 heterocycles. The first-order valence-electron chi connectivity index (χ1n) is 5.58. The standard InChI is InChI=1S/C11H19N5/c1-5-15-9-13-14(4)10(15)11(2,3)16-7-6-12-8-16/h6-10H,5H2,1-4H3/t10-/m0/s1. The highest BCUT2D eigenvalue weighted by Crippen LogP contribution is 2.28. The second-order valence-corrected chi connectivity index (χ2v) is 4.63. The van der Waals surface area contributed by atoms with Gasteiger partial charge >= 0.3 is 0 Å². The second kappa shape index (κ2) is 3.81. The molecule has 0 spiro atoms. The van der Waals surface area contributed by atoms with Gasteiger partial charge in [-0.3, -0.25) is 5.01 Å². The summed E-state index contributed by atoms with van der Waals surface area (Å²) < 4.78 is 2.13. The van der Waals surface area contributed by atoms with E-state index in [0.717, 1.165) is 6.54 Å². The van der Waals surface area contributed by atoms with E-state index in [1.54, 1.807) is 0 Å². The molecular weight excluding hydrogens is 202 g/mol. The molecule has 88 valence electrons. The predicted octanol–water partition coefficient (Wildman–Crippen LogP) is 1.15. The Morgan fingerprint density at radius 2 is 2.12 bits per heavy atom. The van der Waals surface area contributed by atoms with Gasteiger partial charge in [0.2, 0.25) is 0 Å². The Bertz CT molecular complexity index is 368. The Morgan fingerprint density at radius 1 is 1.38 bits per heavy atom. The molecule has 1 aromatic heterocycles. The number of hydrazone groups is 1. The van der Waals surface area contributed by atoms with Gasteiger partial charge in [-0.1, -0.05) is 0 Å². The average Bonchev–Trinajstić information content (AvgIpc) is 2.85. The molecule has 1 aromatic rings. The lowest BCUT2D eigenvalue weighted by molar-refractivity contribution is 0.0527. The van der Waals surface area contributed by atoms with E-state index in [2.05, 4.69) is 40.3 Å². The number of likely N-dealkylation sites (N-methyl/N-ethyl adjacent to an activating group) is 2. The molecule has 2 rings (SSSR count). The summed E-state index contributed by atoms with van der Waals surface area (Å²) in [6.45, 7) is 7.50. The molecule has 5 nitrogen and oxygen atoms in total. The lowest BCUT2D eigenvalue weighted by Gasteiger charge is -2.41. The third kappa shape index (κ3) is 1.56. The molecule has 1 atom stereocenters. The van der Waals surface area contributed by atoms with Crippen molar-refractivity contribution < 1.29 is 0 Å². The highest BCUT2D eigenvalue weighted by Gasteiger charge is 2.39. The van der Waals surface area contributed by atoms with Crippen molar-refractivity contribution in [1.82, 2.24) is 19.5 Å². The van der Waals surface area contributed by atoms with Gasteiger partial charge in [0.25, 0.3) is 0 Å². The number of hydrogen-bond donors (Lipinski definition) is 0. The lowest BCUT2D eigenvalue weighted by Crippen LogP contribution is -2.53. The van der Waals surface area contributed by atoms with Crippen molar-refractivity contribution in [2.75, 3.05) is 13.6 Å². The summed E-state index contributed by atoms with van der Waals surface area (Å²) >= 11 is 0. The molecule has 0 fully saturated rings. The van der Waals surface area contributed by atoms with Crippen LogP contribution >= 0.6 is 0 Å². The van der Waals surface area contributed by atoms with Crippen molar-refractivity contribution in [2.24, 2.45) is 5.10 Å². The quantitative estimate of drug-likeness (QED) is 0.768. The molecule has 0 N–H and O–H groups in total. The third-order valence-electron chi connectivity index (χ3n) is 3.22. The zero-order valence-electron chi connectivity index (χ0n) is 10.3. The first-order valence-corrected chi connectivity index (χ1v) is 5.58. The van der Waals surface area contributed by atoms with Crippen LogP contribution in [0.2, 0.25) is 0 Å². The molecule has 1 aliphatic heterocycles. The van der Waals surface area contributed by atoms with E-state index in [0.29, 0.717) is 0 Å². The Hall–Kier alpha value is -1.52. The molecule has 0 radical (unpaired) electrons. The van der Waals surface area contributed by atoms with E-state index < -0.39 is 0 Å². The zero-order valence-corrected chi connectivity index (χ0v) is 10.3. The Balaban J connectivity index is 2.29. The van der Waals surface area contributed by atoms with Crippen LogP contribution in [0.4, 0.5) is 0 Å². The van der Waals surface area contributed by atoms with E-state index in [9.17, 15) is 0 Å². The summed E-state index contributed by atoms with van der Waals surface area (Å²) in [5.41, 5.74) is -0.0717.